The van der Waals surface area contributed by atoms with Crippen molar-refractivity contribution in [3.8, 4) is 0 Å². The lowest BCUT2D eigenvalue weighted by Crippen LogP contribution is -3.12. The van der Waals surface area contributed by atoms with E-state index < -0.39 is 0 Å². The van der Waals surface area contributed by atoms with E-state index in [1.165, 1.54) is 48.6 Å². The van der Waals surface area contributed by atoms with Gasteiger partial charge in [-0.05, 0) is 38.7 Å². The average molecular weight is 339 g/mol. The molecule has 1 amide bonds. The zero-order chi connectivity index (χ0) is 16.7. The second kappa shape index (κ2) is 9.03. The van der Waals surface area contributed by atoms with Crippen molar-refractivity contribution in [2.75, 3.05) is 31.6 Å². The standard InChI is InChI=1S/C17H26N2O3S/c1-3-13-12-14(17(21)22-4-2)16(23-13)18-15(20)8-11-19-9-6-5-7-10-19/h12H,3-11H2,1-2H3,(H,18,20)/p+1. The third kappa shape index (κ3) is 5.32. The predicted octanol–water partition coefficient (Wildman–Crippen LogP) is 1.88. The Morgan fingerprint density at radius 1 is 1.26 bits per heavy atom. The summed E-state index contributed by atoms with van der Waals surface area (Å²) in [5, 5.41) is 3.53. The molecule has 0 aromatic carbocycles. The Balaban J connectivity index is 1.93. The Kier molecular flexibility index (Phi) is 7.05. The van der Waals surface area contributed by atoms with Crippen LogP contribution in [-0.4, -0.2) is 38.1 Å². The maximum absolute atomic E-state index is 12.2. The molecule has 1 saturated heterocycles. The zero-order valence-corrected chi connectivity index (χ0v) is 14.9. The lowest BCUT2D eigenvalue weighted by atomic mass is 10.1. The fraction of sp³-hybridized carbons (Fsp3) is 0.647. The fourth-order valence-electron chi connectivity index (χ4n) is 2.85. The maximum Gasteiger partial charge on any atom is 0.341 e. The first-order chi connectivity index (χ1) is 11.1. The van der Waals surface area contributed by atoms with Crippen LogP contribution >= 0.6 is 11.3 Å². The molecule has 0 spiro atoms. The number of hydrogen-bond donors (Lipinski definition) is 2. The summed E-state index contributed by atoms with van der Waals surface area (Å²) in [5.74, 6) is -0.376. The average Bonchev–Trinajstić information content (AvgIpc) is 2.97. The van der Waals surface area contributed by atoms with E-state index in [0.717, 1.165) is 17.8 Å². The number of anilines is 1. The molecule has 0 aliphatic carbocycles. The summed E-state index contributed by atoms with van der Waals surface area (Å²) in [7, 11) is 0. The minimum absolute atomic E-state index is 0.0156. The zero-order valence-electron chi connectivity index (χ0n) is 14.1. The first kappa shape index (κ1) is 17.9. The van der Waals surface area contributed by atoms with Crippen molar-refractivity contribution in [3.05, 3.63) is 16.5 Å². The molecule has 6 heteroatoms. The molecule has 1 aromatic rings. The maximum atomic E-state index is 12.2. The molecule has 0 atom stereocenters. The van der Waals surface area contributed by atoms with Crippen LogP contribution in [0.4, 0.5) is 5.00 Å². The number of ether oxygens (including phenoxy) is 1. The van der Waals surface area contributed by atoms with Crippen LogP contribution in [0.15, 0.2) is 6.07 Å². The van der Waals surface area contributed by atoms with Gasteiger partial charge in [-0.2, -0.15) is 0 Å². The molecule has 128 valence electrons. The van der Waals surface area contributed by atoms with Crippen molar-refractivity contribution >= 4 is 28.2 Å². The van der Waals surface area contributed by atoms with E-state index in [1.807, 2.05) is 13.0 Å². The van der Waals surface area contributed by atoms with Crippen molar-refractivity contribution < 1.29 is 19.2 Å². The van der Waals surface area contributed by atoms with Gasteiger partial charge in [-0.3, -0.25) is 4.79 Å². The van der Waals surface area contributed by atoms with Gasteiger partial charge in [-0.15, -0.1) is 11.3 Å². The van der Waals surface area contributed by atoms with Crippen molar-refractivity contribution in [1.29, 1.82) is 0 Å². The largest absolute Gasteiger partial charge is 0.462 e. The summed E-state index contributed by atoms with van der Waals surface area (Å²) in [4.78, 5) is 26.8. The molecular formula is C17H27N2O3S+. The highest BCUT2D eigenvalue weighted by Crippen LogP contribution is 2.29. The SMILES string of the molecule is CCOC(=O)c1cc(CC)sc1NC(=O)CC[NH+]1CCCCC1. The topological polar surface area (TPSA) is 59.8 Å². The van der Waals surface area contributed by atoms with Gasteiger partial charge < -0.3 is 15.0 Å². The molecule has 1 aromatic heterocycles. The van der Waals surface area contributed by atoms with Gasteiger partial charge in [-0.25, -0.2) is 4.79 Å². The van der Waals surface area contributed by atoms with Crippen LogP contribution in [0.1, 0.15) is 54.8 Å². The smallest absolute Gasteiger partial charge is 0.341 e. The van der Waals surface area contributed by atoms with Crippen molar-refractivity contribution in [1.82, 2.24) is 0 Å². The minimum atomic E-state index is -0.361. The van der Waals surface area contributed by atoms with Crippen LogP contribution in [0.5, 0.6) is 0 Å². The quantitative estimate of drug-likeness (QED) is 0.746. The van der Waals surface area contributed by atoms with Crippen LogP contribution in [0.25, 0.3) is 0 Å². The lowest BCUT2D eigenvalue weighted by Gasteiger charge is -2.23. The Morgan fingerprint density at radius 2 is 2.00 bits per heavy atom. The summed E-state index contributed by atoms with van der Waals surface area (Å²) in [6.07, 6.45) is 5.17. The van der Waals surface area contributed by atoms with E-state index >= 15 is 0 Å². The highest BCUT2D eigenvalue weighted by Gasteiger charge is 2.20. The van der Waals surface area contributed by atoms with E-state index in [-0.39, 0.29) is 11.9 Å². The number of amides is 1. The molecule has 1 fully saturated rings. The molecule has 1 aliphatic heterocycles. The van der Waals surface area contributed by atoms with Gasteiger partial charge in [0.1, 0.15) is 5.00 Å². The molecule has 1 aliphatic rings. The Morgan fingerprint density at radius 3 is 2.65 bits per heavy atom. The van der Waals surface area contributed by atoms with E-state index in [2.05, 4.69) is 5.32 Å². The summed E-state index contributed by atoms with van der Waals surface area (Å²) >= 11 is 1.46. The molecule has 2 rings (SSSR count). The second-order valence-corrected chi connectivity index (χ2v) is 7.03. The first-order valence-corrected chi connectivity index (χ1v) is 9.39. The van der Waals surface area contributed by atoms with Crippen LogP contribution in [0.2, 0.25) is 0 Å². The van der Waals surface area contributed by atoms with Gasteiger partial charge in [0.05, 0.1) is 38.2 Å². The molecule has 0 bridgehead atoms. The van der Waals surface area contributed by atoms with Gasteiger partial charge in [-0.1, -0.05) is 6.92 Å². The third-order valence-electron chi connectivity index (χ3n) is 4.15. The van der Waals surface area contributed by atoms with Crippen LogP contribution < -0.4 is 10.2 Å². The van der Waals surface area contributed by atoms with Gasteiger partial charge in [0.15, 0.2) is 0 Å². The number of hydrogen-bond acceptors (Lipinski definition) is 4. The third-order valence-corrected chi connectivity index (χ3v) is 5.34. The number of aryl methyl sites for hydroxylation is 1. The summed E-state index contributed by atoms with van der Waals surface area (Å²) in [6, 6.07) is 1.83. The van der Waals surface area contributed by atoms with Crippen LogP contribution in [0.3, 0.4) is 0 Å². The summed E-state index contributed by atoms with van der Waals surface area (Å²) < 4.78 is 5.08. The number of likely N-dealkylation sites (tertiary alicyclic amines) is 1. The summed E-state index contributed by atoms with van der Waals surface area (Å²) in [6.45, 7) is 7.35. The number of thiophene rings is 1. The molecule has 23 heavy (non-hydrogen) atoms. The number of carbonyl (C=O) groups is 2. The Hall–Kier alpha value is -1.40. The van der Waals surface area contributed by atoms with Gasteiger partial charge in [0.2, 0.25) is 5.91 Å². The monoisotopic (exact) mass is 339 g/mol. The number of piperidine rings is 1. The molecule has 5 nitrogen and oxygen atoms in total. The van der Waals surface area contributed by atoms with E-state index in [1.54, 1.807) is 6.92 Å². The normalized spacial score (nSPS) is 15.4. The highest BCUT2D eigenvalue weighted by atomic mass is 32.1. The number of quaternary nitrogens is 1. The van der Waals surface area contributed by atoms with Crippen LogP contribution in [0, 0.1) is 0 Å². The molecule has 2 N–H and O–H groups in total. The molecule has 0 unspecified atom stereocenters. The second-order valence-electron chi connectivity index (χ2n) is 5.89. The Bertz CT molecular complexity index is 536. The van der Waals surface area contributed by atoms with Gasteiger partial charge in [0, 0.05) is 4.88 Å². The van der Waals surface area contributed by atoms with Gasteiger partial charge in [0.25, 0.3) is 0 Å². The van der Waals surface area contributed by atoms with E-state index in [9.17, 15) is 9.59 Å². The fourth-order valence-corrected chi connectivity index (χ4v) is 3.85. The molecular weight excluding hydrogens is 312 g/mol. The Labute approximate surface area is 142 Å². The van der Waals surface area contributed by atoms with E-state index in [4.69, 9.17) is 4.74 Å². The molecule has 2 heterocycles. The highest BCUT2D eigenvalue weighted by molar-refractivity contribution is 7.16. The van der Waals surface area contributed by atoms with E-state index in [0.29, 0.717) is 23.6 Å². The van der Waals surface area contributed by atoms with Crippen molar-refractivity contribution in [2.24, 2.45) is 0 Å². The molecule has 0 saturated carbocycles. The number of esters is 1. The van der Waals surface area contributed by atoms with Crippen LogP contribution in [-0.2, 0) is 16.0 Å². The predicted molar refractivity (Wildman–Crippen MR) is 92.3 cm³/mol. The first-order valence-electron chi connectivity index (χ1n) is 8.57. The lowest BCUT2D eigenvalue weighted by molar-refractivity contribution is -0.904. The number of rotatable bonds is 7. The molecule has 0 radical (unpaired) electrons. The summed E-state index contributed by atoms with van der Waals surface area (Å²) in [5.41, 5.74) is 0.479. The number of nitrogens with one attached hydrogen (secondary N) is 2. The number of carbonyl (C=O) groups excluding carboxylic acids is 2. The van der Waals surface area contributed by atoms with Crippen molar-refractivity contribution in [3.63, 3.8) is 0 Å². The minimum Gasteiger partial charge on any atom is -0.462 e. The van der Waals surface area contributed by atoms with Crippen molar-refractivity contribution in [2.45, 2.75) is 46.0 Å². The van der Waals surface area contributed by atoms with Gasteiger partial charge >= 0.3 is 5.97 Å².